The van der Waals surface area contributed by atoms with Crippen LogP contribution in [0.5, 0.6) is 0 Å². The fourth-order valence-corrected chi connectivity index (χ4v) is 5.43. The smallest absolute Gasteiger partial charge is 0.338 e. The Hall–Kier alpha value is -2.85. The summed E-state index contributed by atoms with van der Waals surface area (Å²) in [5.74, 6) is -0.540. The maximum atomic E-state index is 13.3. The molecule has 0 spiro atoms. The van der Waals surface area contributed by atoms with E-state index >= 15 is 0 Å². The van der Waals surface area contributed by atoms with E-state index in [4.69, 9.17) is 23.4 Å². The van der Waals surface area contributed by atoms with Crippen LogP contribution in [0.15, 0.2) is 91.0 Å². The van der Waals surface area contributed by atoms with Crippen molar-refractivity contribution in [2.45, 2.75) is 82.8 Å². The van der Waals surface area contributed by atoms with Crippen LogP contribution in [0, 0.1) is 0 Å². The number of benzene rings is 3. The van der Waals surface area contributed by atoms with Crippen LogP contribution in [0.1, 0.15) is 42.3 Å². The van der Waals surface area contributed by atoms with Crippen LogP contribution in [0.4, 0.5) is 0 Å². The van der Waals surface area contributed by atoms with Crippen LogP contribution in [0.2, 0.25) is 18.1 Å². The number of aliphatic hydroxyl groups is 1. The highest BCUT2D eigenvalue weighted by atomic mass is 28.4. The molecule has 8 heteroatoms. The van der Waals surface area contributed by atoms with Crippen molar-refractivity contribution in [3.05, 3.63) is 108 Å². The van der Waals surface area contributed by atoms with E-state index in [-0.39, 0.29) is 18.3 Å². The van der Waals surface area contributed by atoms with Crippen molar-refractivity contribution in [1.29, 1.82) is 0 Å². The predicted molar refractivity (Wildman–Crippen MR) is 160 cm³/mol. The van der Waals surface area contributed by atoms with Gasteiger partial charge >= 0.3 is 5.97 Å². The first kappa shape index (κ1) is 31.1. The zero-order valence-electron chi connectivity index (χ0n) is 24.6. The van der Waals surface area contributed by atoms with Crippen molar-refractivity contribution in [2.75, 3.05) is 6.61 Å². The Morgan fingerprint density at radius 1 is 0.829 bits per heavy atom. The molecule has 1 aliphatic rings. The van der Waals surface area contributed by atoms with Gasteiger partial charge in [-0.15, -0.1) is 0 Å². The molecule has 4 rings (SSSR count). The second kappa shape index (κ2) is 13.9. The van der Waals surface area contributed by atoms with Crippen LogP contribution in [-0.4, -0.2) is 56.7 Å². The summed E-state index contributed by atoms with van der Waals surface area (Å²) in [6.07, 6.45) is -4.79. The number of aliphatic hydroxyl groups excluding tert-OH is 1. The molecule has 1 heterocycles. The molecule has 0 aromatic heterocycles. The summed E-state index contributed by atoms with van der Waals surface area (Å²) in [5, 5.41) is 11.4. The number of hydrogen-bond acceptors (Lipinski definition) is 7. The summed E-state index contributed by atoms with van der Waals surface area (Å²) in [7, 11) is -2.41. The van der Waals surface area contributed by atoms with E-state index in [1.165, 1.54) is 0 Å². The normalized spacial score (nSPS) is 23.2. The fraction of sp³-hybridized carbons (Fsp3) is 0.424. The van der Waals surface area contributed by atoms with E-state index in [0.717, 1.165) is 11.1 Å². The zero-order valence-corrected chi connectivity index (χ0v) is 25.6. The standard InChI is InChI=1S/C33H42O7Si/c1-33(2,3)41(4,5)40-32-30(39-31(35)26-19-13-8-14-20-26)29(37-22-25-17-11-7-12-18-25)28(34)27(38-32)23-36-21-24-15-9-6-10-16-24/h6-20,27-30,32,34H,21-23H2,1-5H3/t27?,28-,29?,30?,32?/m0/s1. The molecular formula is C33H42O7Si. The first-order valence-corrected chi connectivity index (χ1v) is 17.0. The molecule has 3 aromatic rings. The van der Waals surface area contributed by atoms with Crippen LogP contribution in [0.3, 0.4) is 0 Å². The quantitative estimate of drug-likeness (QED) is 0.217. The zero-order chi connectivity index (χ0) is 29.5. The highest BCUT2D eigenvalue weighted by Crippen LogP contribution is 2.40. The Bertz CT molecular complexity index is 1210. The third-order valence-electron chi connectivity index (χ3n) is 7.77. The van der Waals surface area contributed by atoms with Gasteiger partial charge in [0.15, 0.2) is 20.7 Å². The van der Waals surface area contributed by atoms with E-state index in [1.54, 1.807) is 24.3 Å². The molecule has 220 valence electrons. The molecule has 4 unspecified atom stereocenters. The third-order valence-corrected chi connectivity index (χ3v) is 12.2. The molecule has 1 saturated heterocycles. The van der Waals surface area contributed by atoms with Crippen molar-refractivity contribution in [3.8, 4) is 0 Å². The van der Waals surface area contributed by atoms with Gasteiger partial charge in [0.05, 0.1) is 25.4 Å². The van der Waals surface area contributed by atoms with Crippen molar-refractivity contribution in [3.63, 3.8) is 0 Å². The van der Waals surface area contributed by atoms with Gasteiger partial charge in [-0.1, -0.05) is 99.6 Å². The molecule has 0 bridgehead atoms. The van der Waals surface area contributed by atoms with E-state index in [9.17, 15) is 9.90 Å². The Kier molecular flexibility index (Phi) is 10.5. The Morgan fingerprint density at radius 3 is 1.93 bits per heavy atom. The topological polar surface area (TPSA) is 83.5 Å². The molecule has 0 aliphatic carbocycles. The van der Waals surface area contributed by atoms with E-state index in [2.05, 4.69) is 33.9 Å². The van der Waals surface area contributed by atoms with Crippen LogP contribution in [0.25, 0.3) is 0 Å². The second-order valence-electron chi connectivity index (χ2n) is 11.9. The van der Waals surface area contributed by atoms with Crippen molar-refractivity contribution >= 4 is 14.3 Å². The maximum absolute atomic E-state index is 13.3. The molecule has 7 nitrogen and oxygen atoms in total. The summed E-state index contributed by atoms with van der Waals surface area (Å²) in [4.78, 5) is 13.3. The first-order valence-electron chi connectivity index (χ1n) is 14.1. The number of hydrogen-bond donors (Lipinski definition) is 1. The Morgan fingerprint density at radius 2 is 1.37 bits per heavy atom. The van der Waals surface area contributed by atoms with Gasteiger partial charge in [0.25, 0.3) is 0 Å². The summed E-state index contributed by atoms with van der Waals surface area (Å²) >= 11 is 0. The average Bonchev–Trinajstić information content (AvgIpc) is 2.95. The highest BCUT2D eigenvalue weighted by molar-refractivity contribution is 6.74. The minimum Gasteiger partial charge on any atom is -0.450 e. The molecular weight excluding hydrogens is 536 g/mol. The maximum Gasteiger partial charge on any atom is 0.338 e. The van der Waals surface area contributed by atoms with Gasteiger partial charge in [-0.25, -0.2) is 4.79 Å². The molecule has 1 N–H and O–H groups in total. The monoisotopic (exact) mass is 578 g/mol. The number of carbonyl (C=O) groups excluding carboxylic acids is 1. The van der Waals surface area contributed by atoms with Gasteiger partial charge in [0.1, 0.15) is 18.3 Å². The van der Waals surface area contributed by atoms with E-state index < -0.39 is 45.0 Å². The molecule has 5 atom stereocenters. The lowest BCUT2D eigenvalue weighted by molar-refractivity contribution is -0.292. The molecule has 3 aromatic carbocycles. The van der Waals surface area contributed by atoms with Crippen LogP contribution < -0.4 is 0 Å². The Balaban J connectivity index is 1.61. The fourth-order valence-electron chi connectivity index (χ4n) is 4.31. The van der Waals surface area contributed by atoms with Gasteiger partial charge in [-0.2, -0.15) is 0 Å². The lowest BCUT2D eigenvalue weighted by atomic mass is 9.98. The molecule has 0 saturated carbocycles. The van der Waals surface area contributed by atoms with Crippen LogP contribution in [-0.2, 0) is 36.6 Å². The van der Waals surface area contributed by atoms with Crippen LogP contribution >= 0.6 is 0 Å². The van der Waals surface area contributed by atoms with Gasteiger partial charge in [-0.05, 0) is 41.4 Å². The number of rotatable bonds is 11. The lowest BCUT2D eigenvalue weighted by Gasteiger charge is -2.47. The van der Waals surface area contributed by atoms with Gasteiger partial charge in [0, 0.05) is 0 Å². The second-order valence-corrected chi connectivity index (χ2v) is 16.7. The average molecular weight is 579 g/mol. The van der Waals surface area contributed by atoms with Gasteiger partial charge < -0.3 is 28.5 Å². The number of carbonyl (C=O) groups is 1. The van der Waals surface area contributed by atoms with Gasteiger partial charge in [-0.3, -0.25) is 0 Å². The predicted octanol–water partition coefficient (Wildman–Crippen LogP) is 6.12. The summed E-state index contributed by atoms with van der Waals surface area (Å²) < 4.78 is 31.4. The third kappa shape index (κ3) is 8.35. The van der Waals surface area contributed by atoms with Crippen molar-refractivity contribution in [2.24, 2.45) is 0 Å². The number of esters is 1. The highest BCUT2D eigenvalue weighted by Gasteiger charge is 2.52. The van der Waals surface area contributed by atoms with E-state index in [0.29, 0.717) is 12.2 Å². The number of ether oxygens (including phenoxy) is 4. The summed E-state index contributed by atoms with van der Waals surface area (Å²) in [5.41, 5.74) is 2.33. The molecule has 1 aliphatic heterocycles. The van der Waals surface area contributed by atoms with Crippen molar-refractivity contribution < 1.29 is 33.3 Å². The molecule has 41 heavy (non-hydrogen) atoms. The summed E-state index contributed by atoms with van der Waals surface area (Å²) in [6, 6.07) is 28.2. The van der Waals surface area contributed by atoms with E-state index in [1.807, 2.05) is 66.7 Å². The molecule has 0 radical (unpaired) electrons. The van der Waals surface area contributed by atoms with Crippen molar-refractivity contribution in [1.82, 2.24) is 0 Å². The Labute approximate surface area is 244 Å². The largest absolute Gasteiger partial charge is 0.450 e. The minimum absolute atomic E-state index is 0.109. The molecule has 0 amide bonds. The minimum atomic E-state index is -2.41. The first-order chi connectivity index (χ1) is 19.5. The molecule has 1 fully saturated rings. The lowest BCUT2D eigenvalue weighted by Crippen LogP contribution is -2.63. The summed E-state index contributed by atoms with van der Waals surface area (Å²) in [6.45, 7) is 11.3. The SMILES string of the molecule is CC(C)(C)[Si](C)(C)OC1OC(COCc2ccccc2)[C@H](O)C(OCc2ccccc2)C1OC(=O)c1ccccc1. The van der Waals surface area contributed by atoms with Gasteiger partial charge in [0.2, 0.25) is 0 Å².